The van der Waals surface area contributed by atoms with E-state index >= 15 is 0 Å². The Morgan fingerprint density at radius 2 is 2.06 bits per heavy atom. The van der Waals surface area contributed by atoms with Gasteiger partial charge in [-0.3, -0.25) is 0 Å². The van der Waals surface area contributed by atoms with Gasteiger partial charge in [-0.15, -0.1) is 11.3 Å². The molecule has 0 aromatic carbocycles. The molecule has 0 saturated carbocycles. The lowest BCUT2D eigenvalue weighted by molar-refractivity contribution is 0.371. The molecule has 0 bridgehead atoms. The lowest BCUT2D eigenvalue weighted by Gasteiger charge is -2.22. The Bertz CT molecular complexity index is 300. The molecule has 0 radical (unpaired) electrons. The Morgan fingerprint density at radius 3 is 2.50 bits per heavy atom. The summed E-state index contributed by atoms with van der Waals surface area (Å²) >= 11 is 1.84. The molecule has 2 unspecified atom stereocenters. The van der Waals surface area contributed by atoms with E-state index < -0.39 is 0 Å². The maximum atomic E-state index is 4.62. The number of hydrogen-bond acceptors (Lipinski definition) is 3. The number of aryl methyl sites for hydroxylation is 2. The van der Waals surface area contributed by atoms with Crippen molar-refractivity contribution in [2.45, 2.75) is 53.0 Å². The molecular weight excluding hydrogens is 216 g/mol. The third kappa shape index (κ3) is 3.56. The number of hydrogen-bond donors (Lipinski definition) is 1. The van der Waals surface area contributed by atoms with Crippen LogP contribution in [0.1, 0.15) is 42.3 Å². The van der Waals surface area contributed by atoms with Gasteiger partial charge in [0.05, 0.1) is 10.7 Å². The van der Waals surface area contributed by atoms with E-state index in [1.165, 1.54) is 28.4 Å². The summed E-state index contributed by atoms with van der Waals surface area (Å²) in [4.78, 5) is 5.97. The molecule has 1 heterocycles. The van der Waals surface area contributed by atoms with Crippen molar-refractivity contribution in [2.24, 2.45) is 5.92 Å². The lowest BCUT2D eigenvalue weighted by atomic mass is 9.95. The second kappa shape index (κ2) is 6.36. The number of aromatic nitrogens is 1. The van der Waals surface area contributed by atoms with Gasteiger partial charge in [0.1, 0.15) is 0 Å². The van der Waals surface area contributed by atoms with Crippen molar-refractivity contribution in [3.8, 4) is 0 Å². The van der Waals surface area contributed by atoms with Crippen LogP contribution in [0.25, 0.3) is 0 Å². The van der Waals surface area contributed by atoms with Gasteiger partial charge in [0, 0.05) is 17.3 Å². The smallest absolute Gasteiger partial charge is 0.0946 e. The van der Waals surface area contributed by atoms with Gasteiger partial charge in [0.2, 0.25) is 0 Å². The normalized spacial score (nSPS) is 15.1. The van der Waals surface area contributed by atoms with Gasteiger partial charge in [-0.2, -0.15) is 0 Å². The zero-order chi connectivity index (χ0) is 12.1. The summed E-state index contributed by atoms with van der Waals surface area (Å²) in [6, 6.07) is 0.560. The Balaban J connectivity index is 2.62. The first-order chi connectivity index (χ1) is 7.58. The highest BCUT2D eigenvalue weighted by molar-refractivity contribution is 7.11. The number of thiazole rings is 1. The van der Waals surface area contributed by atoms with E-state index in [0.29, 0.717) is 6.04 Å². The van der Waals surface area contributed by atoms with Crippen molar-refractivity contribution in [3.63, 3.8) is 0 Å². The predicted octanol–water partition coefficient (Wildman–Crippen LogP) is 3.33. The number of rotatable bonds is 6. The largest absolute Gasteiger partial charge is 0.316 e. The predicted molar refractivity (Wildman–Crippen MR) is 72.2 cm³/mol. The summed E-state index contributed by atoms with van der Waals surface area (Å²) in [5.41, 5.74) is 1.19. The molecule has 0 aliphatic rings. The topological polar surface area (TPSA) is 24.9 Å². The molecule has 1 N–H and O–H groups in total. The summed E-state index contributed by atoms with van der Waals surface area (Å²) in [6.07, 6.45) is 3.61. The Morgan fingerprint density at radius 1 is 1.38 bits per heavy atom. The second-order valence-corrected chi connectivity index (χ2v) is 5.90. The highest BCUT2D eigenvalue weighted by Gasteiger charge is 2.17. The average Bonchev–Trinajstić information content (AvgIpc) is 2.55. The molecule has 0 aliphatic heterocycles. The molecule has 1 aromatic heterocycles. The van der Waals surface area contributed by atoms with Gasteiger partial charge in [0.25, 0.3) is 0 Å². The quantitative estimate of drug-likeness (QED) is 0.825. The van der Waals surface area contributed by atoms with Crippen LogP contribution in [0.4, 0.5) is 0 Å². The molecule has 1 rings (SSSR count). The van der Waals surface area contributed by atoms with E-state index in [0.717, 1.165) is 12.3 Å². The molecule has 1 aromatic rings. The van der Waals surface area contributed by atoms with Crippen LogP contribution in [0.15, 0.2) is 0 Å². The minimum absolute atomic E-state index is 0.560. The molecule has 2 atom stereocenters. The summed E-state index contributed by atoms with van der Waals surface area (Å²) in [5.74, 6) is 0.722. The molecule has 0 fully saturated rings. The van der Waals surface area contributed by atoms with Gasteiger partial charge in [-0.1, -0.05) is 20.3 Å². The molecule has 16 heavy (non-hydrogen) atoms. The Kier molecular flexibility index (Phi) is 5.42. The minimum atomic E-state index is 0.560. The molecule has 0 amide bonds. The Labute approximate surface area is 103 Å². The molecule has 0 aliphatic carbocycles. The van der Waals surface area contributed by atoms with Crippen LogP contribution in [0.2, 0.25) is 0 Å². The van der Waals surface area contributed by atoms with E-state index in [1.54, 1.807) is 0 Å². The standard InChI is InChI=1S/C13H24N2S/c1-6-7-9(2)12(14-5)8-13-15-10(3)11(4)16-13/h9,12,14H,6-8H2,1-5H3. The van der Waals surface area contributed by atoms with E-state index in [9.17, 15) is 0 Å². The van der Waals surface area contributed by atoms with Crippen molar-refractivity contribution < 1.29 is 0 Å². The molecular formula is C13H24N2S. The van der Waals surface area contributed by atoms with Gasteiger partial charge in [0.15, 0.2) is 0 Å². The van der Waals surface area contributed by atoms with E-state index in [2.05, 4.69) is 45.0 Å². The fourth-order valence-electron chi connectivity index (χ4n) is 2.06. The first-order valence-corrected chi connectivity index (χ1v) is 7.00. The van der Waals surface area contributed by atoms with Crippen molar-refractivity contribution in [1.82, 2.24) is 10.3 Å². The van der Waals surface area contributed by atoms with Gasteiger partial charge in [-0.05, 0) is 33.2 Å². The van der Waals surface area contributed by atoms with Crippen LogP contribution in [-0.2, 0) is 6.42 Å². The average molecular weight is 240 g/mol. The van der Waals surface area contributed by atoms with Crippen LogP contribution in [0, 0.1) is 19.8 Å². The first-order valence-electron chi connectivity index (χ1n) is 6.18. The zero-order valence-corrected chi connectivity index (χ0v) is 11.9. The monoisotopic (exact) mass is 240 g/mol. The van der Waals surface area contributed by atoms with Gasteiger partial charge in [-0.25, -0.2) is 4.98 Å². The molecule has 0 spiro atoms. The molecule has 3 heteroatoms. The lowest BCUT2D eigenvalue weighted by Crippen LogP contribution is -2.34. The third-order valence-corrected chi connectivity index (χ3v) is 4.36. The van der Waals surface area contributed by atoms with Crippen LogP contribution in [-0.4, -0.2) is 18.1 Å². The van der Waals surface area contributed by atoms with Crippen molar-refractivity contribution in [3.05, 3.63) is 15.6 Å². The van der Waals surface area contributed by atoms with Gasteiger partial charge < -0.3 is 5.32 Å². The van der Waals surface area contributed by atoms with Crippen LogP contribution in [0.5, 0.6) is 0 Å². The first kappa shape index (κ1) is 13.7. The van der Waals surface area contributed by atoms with Crippen LogP contribution < -0.4 is 5.32 Å². The number of likely N-dealkylation sites (N-methyl/N-ethyl adjacent to an activating group) is 1. The van der Waals surface area contributed by atoms with E-state index in [-0.39, 0.29) is 0 Å². The molecule has 92 valence electrons. The highest BCUT2D eigenvalue weighted by atomic mass is 32.1. The van der Waals surface area contributed by atoms with E-state index in [4.69, 9.17) is 0 Å². The third-order valence-electron chi connectivity index (χ3n) is 3.27. The summed E-state index contributed by atoms with van der Waals surface area (Å²) in [5, 5.41) is 4.71. The maximum Gasteiger partial charge on any atom is 0.0946 e. The van der Waals surface area contributed by atoms with Crippen LogP contribution >= 0.6 is 11.3 Å². The second-order valence-electron chi connectivity index (χ2n) is 4.61. The molecule has 0 saturated heterocycles. The van der Waals surface area contributed by atoms with Crippen molar-refractivity contribution in [2.75, 3.05) is 7.05 Å². The van der Waals surface area contributed by atoms with Crippen molar-refractivity contribution >= 4 is 11.3 Å². The van der Waals surface area contributed by atoms with E-state index in [1.807, 2.05) is 11.3 Å². The van der Waals surface area contributed by atoms with Crippen molar-refractivity contribution in [1.29, 1.82) is 0 Å². The SMILES string of the molecule is CCCC(C)C(Cc1nc(C)c(C)s1)NC. The van der Waals surface area contributed by atoms with Crippen LogP contribution in [0.3, 0.4) is 0 Å². The molecule has 2 nitrogen and oxygen atoms in total. The minimum Gasteiger partial charge on any atom is -0.316 e. The summed E-state index contributed by atoms with van der Waals surface area (Å²) < 4.78 is 0. The number of nitrogens with one attached hydrogen (secondary N) is 1. The Hall–Kier alpha value is -0.410. The van der Waals surface area contributed by atoms with Gasteiger partial charge >= 0.3 is 0 Å². The summed E-state index contributed by atoms with van der Waals surface area (Å²) in [7, 11) is 2.06. The zero-order valence-electron chi connectivity index (χ0n) is 11.1. The fraction of sp³-hybridized carbons (Fsp3) is 0.769. The highest BCUT2D eigenvalue weighted by Crippen LogP contribution is 2.21. The maximum absolute atomic E-state index is 4.62. The summed E-state index contributed by atoms with van der Waals surface area (Å²) in [6.45, 7) is 8.83. The number of nitrogens with zero attached hydrogens (tertiary/aromatic N) is 1. The fourth-order valence-corrected chi connectivity index (χ4v) is 3.05.